The fourth-order valence-corrected chi connectivity index (χ4v) is 3.02. The molecule has 0 radical (unpaired) electrons. The zero-order chi connectivity index (χ0) is 13.2. The molecule has 3 rings (SSSR count). The number of likely N-dealkylation sites (tertiary alicyclic amines) is 1. The Morgan fingerprint density at radius 2 is 2.00 bits per heavy atom. The van der Waals surface area contributed by atoms with Gasteiger partial charge in [-0.25, -0.2) is 4.39 Å². The Labute approximate surface area is 112 Å². The van der Waals surface area contributed by atoms with Gasteiger partial charge in [0.2, 0.25) is 0 Å². The molecule has 2 saturated heterocycles. The van der Waals surface area contributed by atoms with Crippen molar-refractivity contribution >= 4 is 5.91 Å². The van der Waals surface area contributed by atoms with Crippen molar-refractivity contribution in [1.82, 2.24) is 4.90 Å². The van der Waals surface area contributed by atoms with Crippen molar-refractivity contribution in [1.29, 1.82) is 0 Å². The second kappa shape index (κ2) is 5.29. The first-order valence-electron chi connectivity index (χ1n) is 6.93. The van der Waals surface area contributed by atoms with Crippen molar-refractivity contribution < 1.29 is 13.9 Å². The van der Waals surface area contributed by atoms with Crippen LogP contribution < -0.4 is 0 Å². The van der Waals surface area contributed by atoms with Crippen molar-refractivity contribution in [3.05, 3.63) is 35.6 Å². The molecule has 3 nitrogen and oxygen atoms in total. The summed E-state index contributed by atoms with van der Waals surface area (Å²) in [4.78, 5) is 14.3. The Morgan fingerprint density at radius 1 is 1.21 bits per heavy atom. The summed E-state index contributed by atoms with van der Waals surface area (Å²) >= 11 is 0. The zero-order valence-corrected chi connectivity index (χ0v) is 10.8. The molecule has 102 valence electrons. The molecule has 2 unspecified atom stereocenters. The van der Waals surface area contributed by atoms with E-state index in [9.17, 15) is 9.18 Å². The SMILES string of the molecule is O=C(C1CCCO1)N1CCCC1c1ccc(F)cc1. The minimum absolute atomic E-state index is 0.0808. The van der Waals surface area contributed by atoms with Crippen molar-refractivity contribution in [2.75, 3.05) is 13.2 Å². The molecule has 1 aromatic carbocycles. The van der Waals surface area contributed by atoms with Gasteiger partial charge >= 0.3 is 0 Å². The molecule has 2 fully saturated rings. The van der Waals surface area contributed by atoms with Crippen LogP contribution >= 0.6 is 0 Å². The second-order valence-electron chi connectivity index (χ2n) is 5.24. The van der Waals surface area contributed by atoms with Crippen LogP contribution in [-0.2, 0) is 9.53 Å². The van der Waals surface area contributed by atoms with E-state index >= 15 is 0 Å². The van der Waals surface area contributed by atoms with Gasteiger partial charge in [0.25, 0.3) is 5.91 Å². The van der Waals surface area contributed by atoms with Gasteiger partial charge in [0, 0.05) is 13.2 Å². The molecule has 0 aliphatic carbocycles. The van der Waals surface area contributed by atoms with E-state index in [1.54, 1.807) is 12.1 Å². The van der Waals surface area contributed by atoms with Gasteiger partial charge in [0.05, 0.1) is 6.04 Å². The van der Waals surface area contributed by atoms with Crippen LogP contribution in [0.25, 0.3) is 0 Å². The number of nitrogens with zero attached hydrogens (tertiary/aromatic N) is 1. The molecule has 2 heterocycles. The number of benzene rings is 1. The normalized spacial score (nSPS) is 26.9. The highest BCUT2D eigenvalue weighted by molar-refractivity contribution is 5.82. The Kier molecular flexibility index (Phi) is 3.51. The molecule has 0 aromatic heterocycles. The molecule has 2 atom stereocenters. The van der Waals surface area contributed by atoms with Crippen LogP contribution in [0.1, 0.15) is 37.3 Å². The molecule has 1 aromatic rings. The Morgan fingerprint density at radius 3 is 2.68 bits per heavy atom. The fourth-order valence-electron chi connectivity index (χ4n) is 3.02. The van der Waals surface area contributed by atoms with Gasteiger partial charge in [0.15, 0.2) is 0 Å². The molecule has 4 heteroatoms. The van der Waals surface area contributed by atoms with Crippen molar-refractivity contribution in [2.24, 2.45) is 0 Å². The van der Waals surface area contributed by atoms with Gasteiger partial charge in [-0.2, -0.15) is 0 Å². The van der Waals surface area contributed by atoms with Crippen LogP contribution in [0.2, 0.25) is 0 Å². The van der Waals surface area contributed by atoms with Crippen LogP contribution in [-0.4, -0.2) is 30.1 Å². The largest absolute Gasteiger partial charge is 0.368 e. The summed E-state index contributed by atoms with van der Waals surface area (Å²) in [5.41, 5.74) is 1.02. The van der Waals surface area contributed by atoms with Crippen molar-refractivity contribution in [3.8, 4) is 0 Å². The molecule has 0 bridgehead atoms. The number of amides is 1. The molecule has 19 heavy (non-hydrogen) atoms. The number of rotatable bonds is 2. The summed E-state index contributed by atoms with van der Waals surface area (Å²) in [5, 5.41) is 0. The van der Waals surface area contributed by atoms with E-state index < -0.39 is 0 Å². The molecule has 0 spiro atoms. The lowest BCUT2D eigenvalue weighted by atomic mass is 10.0. The molecule has 2 aliphatic rings. The third kappa shape index (κ3) is 2.50. The first-order chi connectivity index (χ1) is 9.25. The van der Waals surface area contributed by atoms with Crippen LogP contribution in [0.3, 0.4) is 0 Å². The van der Waals surface area contributed by atoms with E-state index in [0.717, 1.165) is 37.8 Å². The molecular weight excluding hydrogens is 245 g/mol. The monoisotopic (exact) mass is 263 g/mol. The lowest BCUT2D eigenvalue weighted by molar-refractivity contribution is -0.141. The van der Waals surface area contributed by atoms with Crippen LogP contribution in [0.4, 0.5) is 4.39 Å². The highest BCUT2D eigenvalue weighted by Crippen LogP contribution is 2.33. The van der Waals surface area contributed by atoms with Gasteiger partial charge in [-0.15, -0.1) is 0 Å². The number of carbonyl (C=O) groups is 1. The van der Waals surface area contributed by atoms with Crippen LogP contribution in [0.5, 0.6) is 0 Å². The maximum absolute atomic E-state index is 13.0. The predicted molar refractivity (Wildman–Crippen MR) is 69.1 cm³/mol. The van der Waals surface area contributed by atoms with E-state index in [-0.39, 0.29) is 23.9 Å². The van der Waals surface area contributed by atoms with Crippen LogP contribution in [0.15, 0.2) is 24.3 Å². The highest BCUT2D eigenvalue weighted by Gasteiger charge is 2.35. The topological polar surface area (TPSA) is 29.5 Å². The number of carbonyl (C=O) groups excluding carboxylic acids is 1. The van der Waals surface area contributed by atoms with E-state index in [1.807, 2.05) is 4.90 Å². The summed E-state index contributed by atoms with van der Waals surface area (Å²) in [6.07, 6.45) is 3.47. The van der Waals surface area contributed by atoms with Crippen molar-refractivity contribution in [2.45, 2.75) is 37.8 Å². The molecule has 0 saturated carbocycles. The van der Waals surface area contributed by atoms with E-state index in [1.165, 1.54) is 12.1 Å². The van der Waals surface area contributed by atoms with Gasteiger partial charge in [-0.1, -0.05) is 12.1 Å². The number of halogens is 1. The number of hydrogen-bond acceptors (Lipinski definition) is 2. The third-order valence-corrected chi connectivity index (χ3v) is 4.00. The number of hydrogen-bond donors (Lipinski definition) is 0. The smallest absolute Gasteiger partial charge is 0.252 e. The van der Waals surface area contributed by atoms with Gasteiger partial charge in [0.1, 0.15) is 11.9 Å². The molecule has 0 N–H and O–H groups in total. The summed E-state index contributed by atoms with van der Waals surface area (Å²) in [6.45, 7) is 1.46. The molecule has 1 amide bonds. The summed E-state index contributed by atoms with van der Waals surface area (Å²) in [6, 6.07) is 6.56. The fraction of sp³-hybridized carbons (Fsp3) is 0.533. The standard InChI is InChI=1S/C15H18FNO2/c16-12-7-5-11(6-8-12)13-3-1-9-17(13)15(18)14-4-2-10-19-14/h5-8,13-14H,1-4,9-10H2. The lowest BCUT2D eigenvalue weighted by Gasteiger charge is -2.27. The van der Waals surface area contributed by atoms with Gasteiger partial charge < -0.3 is 9.64 Å². The Balaban J connectivity index is 1.77. The quantitative estimate of drug-likeness (QED) is 0.821. The van der Waals surface area contributed by atoms with E-state index in [2.05, 4.69) is 0 Å². The minimum Gasteiger partial charge on any atom is -0.368 e. The Hall–Kier alpha value is -1.42. The molecular formula is C15H18FNO2. The predicted octanol–water partition coefficient (Wildman–Crippen LogP) is 2.67. The average Bonchev–Trinajstić information content (AvgIpc) is 3.10. The van der Waals surface area contributed by atoms with Gasteiger partial charge in [-0.05, 0) is 43.4 Å². The van der Waals surface area contributed by atoms with Crippen molar-refractivity contribution in [3.63, 3.8) is 0 Å². The summed E-state index contributed by atoms with van der Waals surface area (Å²) in [7, 11) is 0. The van der Waals surface area contributed by atoms with Gasteiger partial charge in [-0.3, -0.25) is 4.79 Å². The lowest BCUT2D eigenvalue weighted by Crippen LogP contribution is -2.38. The Bertz CT molecular complexity index is 454. The maximum Gasteiger partial charge on any atom is 0.252 e. The summed E-state index contributed by atoms with van der Waals surface area (Å²) in [5.74, 6) is -0.136. The highest BCUT2D eigenvalue weighted by atomic mass is 19.1. The minimum atomic E-state index is -0.263. The van der Waals surface area contributed by atoms with E-state index in [4.69, 9.17) is 4.74 Å². The number of ether oxygens (including phenoxy) is 1. The maximum atomic E-state index is 13.0. The summed E-state index contributed by atoms with van der Waals surface area (Å²) < 4.78 is 18.5. The average molecular weight is 263 g/mol. The molecule has 2 aliphatic heterocycles. The van der Waals surface area contributed by atoms with Crippen LogP contribution in [0, 0.1) is 5.82 Å². The third-order valence-electron chi connectivity index (χ3n) is 4.00. The van der Waals surface area contributed by atoms with E-state index in [0.29, 0.717) is 6.61 Å². The zero-order valence-electron chi connectivity index (χ0n) is 10.8. The second-order valence-corrected chi connectivity index (χ2v) is 5.24. The first-order valence-corrected chi connectivity index (χ1v) is 6.93. The first kappa shape index (κ1) is 12.6.